The first-order chi connectivity index (χ1) is 31.1. The van der Waals surface area contributed by atoms with Gasteiger partial charge in [0.2, 0.25) is 0 Å². The van der Waals surface area contributed by atoms with Crippen LogP contribution in [0.1, 0.15) is 77.0 Å². The minimum Gasteiger partial charge on any atom is -0.488 e. The lowest BCUT2D eigenvalue weighted by molar-refractivity contribution is -0.156. The van der Waals surface area contributed by atoms with Crippen LogP contribution in [0, 0.1) is 23.7 Å². The van der Waals surface area contributed by atoms with Crippen molar-refractivity contribution in [3.63, 3.8) is 0 Å². The van der Waals surface area contributed by atoms with Gasteiger partial charge in [-0.25, -0.2) is 0 Å². The maximum absolute atomic E-state index is 13.2. The fraction of sp³-hybridized carbons (Fsp3) is 0.500. The van der Waals surface area contributed by atoms with Crippen LogP contribution in [0.2, 0.25) is 0 Å². The van der Waals surface area contributed by atoms with Gasteiger partial charge in [-0.3, -0.25) is 9.59 Å². The number of esters is 2. The van der Waals surface area contributed by atoms with Gasteiger partial charge in [-0.15, -0.1) is 0 Å². The molecule has 0 aliphatic heterocycles. The third kappa shape index (κ3) is 12.1. The first-order valence-corrected chi connectivity index (χ1v) is 23.2. The molecule has 4 saturated carbocycles. The first-order valence-electron chi connectivity index (χ1n) is 23.2. The van der Waals surface area contributed by atoms with Crippen LogP contribution in [0.5, 0.6) is 23.0 Å². The Bertz CT molecular complexity index is 2100. The van der Waals surface area contributed by atoms with Gasteiger partial charge >= 0.3 is 11.9 Å². The van der Waals surface area contributed by atoms with Crippen molar-refractivity contribution in [2.75, 3.05) is 13.2 Å². The molecule has 12 unspecified atom stereocenters. The van der Waals surface area contributed by atoms with Crippen LogP contribution in [0.3, 0.4) is 0 Å². The minimum atomic E-state index is -0.728. The zero-order valence-electron chi connectivity index (χ0n) is 36.3. The Balaban J connectivity index is 0.782. The van der Waals surface area contributed by atoms with E-state index in [9.17, 15) is 30.0 Å². The van der Waals surface area contributed by atoms with E-state index in [0.717, 1.165) is 17.5 Å². The standard InChI is InChI=1S/C52H62O12/c53-43-21-17-34(32-60-52(58)38-20-23-45(55)50(30-38)62-40-13-5-2-6-14-40)26-48(43)64-42-16-8-10-36(28-42)35-9-7-15-41(27-35)63-47-24-18-33(25-46(47)56)31-59-51(57)37-19-22-44(54)49(29-37)61-39-11-3-1-4-12-39/h1-16,27-28,33-34,37-38,43-50,53-56H,17-26,29-32H2. The van der Waals surface area contributed by atoms with Crippen molar-refractivity contribution < 1.29 is 58.4 Å². The number of ether oxygens (including phenoxy) is 6. The molecule has 0 radical (unpaired) electrons. The molecule has 4 aromatic rings. The van der Waals surface area contributed by atoms with Crippen molar-refractivity contribution in [1.82, 2.24) is 0 Å². The third-order valence-corrected chi connectivity index (χ3v) is 13.5. The van der Waals surface area contributed by atoms with Gasteiger partial charge in [0.15, 0.2) is 0 Å². The lowest BCUT2D eigenvalue weighted by Crippen LogP contribution is -2.42. The molecule has 0 aromatic heterocycles. The minimum absolute atomic E-state index is 0.0119. The number of para-hydroxylation sites is 2. The quantitative estimate of drug-likeness (QED) is 0.0871. The van der Waals surface area contributed by atoms with E-state index in [1.165, 1.54) is 0 Å². The summed E-state index contributed by atoms with van der Waals surface area (Å²) in [6.45, 7) is 0.468. The second kappa shape index (κ2) is 21.7. The second-order valence-electron chi connectivity index (χ2n) is 18.2. The van der Waals surface area contributed by atoms with Crippen LogP contribution < -0.4 is 18.9 Å². The lowest BCUT2D eigenvalue weighted by Gasteiger charge is -2.34. The van der Waals surface area contributed by atoms with Gasteiger partial charge in [-0.2, -0.15) is 0 Å². The molecule has 12 nitrogen and oxygen atoms in total. The van der Waals surface area contributed by atoms with Crippen molar-refractivity contribution in [3.8, 4) is 34.1 Å². The van der Waals surface area contributed by atoms with E-state index >= 15 is 0 Å². The highest BCUT2D eigenvalue weighted by Gasteiger charge is 2.38. The van der Waals surface area contributed by atoms with Crippen LogP contribution in [-0.4, -0.2) is 94.4 Å². The monoisotopic (exact) mass is 878 g/mol. The van der Waals surface area contributed by atoms with Crippen molar-refractivity contribution in [3.05, 3.63) is 109 Å². The summed E-state index contributed by atoms with van der Waals surface area (Å²) in [7, 11) is 0. The smallest absolute Gasteiger partial charge is 0.309 e. The predicted molar refractivity (Wildman–Crippen MR) is 238 cm³/mol. The van der Waals surface area contributed by atoms with E-state index in [1.807, 2.05) is 109 Å². The van der Waals surface area contributed by atoms with Crippen molar-refractivity contribution >= 4 is 11.9 Å². The van der Waals surface area contributed by atoms with Crippen LogP contribution in [0.15, 0.2) is 109 Å². The normalized spacial score (nSPS) is 30.6. The molecular weight excluding hydrogens is 817 g/mol. The van der Waals surface area contributed by atoms with Gasteiger partial charge in [0.05, 0.1) is 49.5 Å². The van der Waals surface area contributed by atoms with Crippen LogP contribution in [0.4, 0.5) is 0 Å². The summed E-state index contributed by atoms with van der Waals surface area (Å²) in [5.74, 6) is 1.35. The van der Waals surface area contributed by atoms with Crippen LogP contribution in [-0.2, 0) is 19.1 Å². The Kier molecular flexibility index (Phi) is 15.4. The van der Waals surface area contributed by atoms with Crippen LogP contribution in [0.25, 0.3) is 11.1 Å². The number of carbonyl (C=O) groups is 2. The predicted octanol–water partition coefficient (Wildman–Crippen LogP) is 7.47. The highest BCUT2D eigenvalue weighted by Crippen LogP contribution is 2.36. The van der Waals surface area contributed by atoms with Crippen molar-refractivity contribution in [1.29, 1.82) is 0 Å². The molecule has 12 atom stereocenters. The van der Waals surface area contributed by atoms with E-state index in [0.29, 0.717) is 93.6 Å². The van der Waals surface area contributed by atoms with Gasteiger partial charge in [0.25, 0.3) is 0 Å². The first kappa shape index (κ1) is 45.4. The van der Waals surface area contributed by atoms with Crippen molar-refractivity contribution in [2.45, 2.75) is 126 Å². The fourth-order valence-electron chi connectivity index (χ4n) is 9.70. The number of aliphatic hydroxyl groups excluding tert-OH is 4. The number of rotatable bonds is 15. The molecule has 0 saturated heterocycles. The molecule has 0 spiro atoms. The summed E-state index contributed by atoms with van der Waals surface area (Å²) in [5, 5.41) is 43.2. The summed E-state index contributed by atoms with van der Waals surface area (Å²) in [6.07, 6.45) is 1.89. The zero-order valence-corrected chi connectivity index (χ0v) is 36.3. The average Bonchev–Trinajstić information content (AvgIpc) is 3.31. The summed E-state index contributed by atoms with van der Waals surface area (Å²) in [6, 6.07) is 34.1. The highest BCUT2D eigenvalue weighted by molar-refractivity contribution is 5.73. The topological polar surface area (TPSA) is 170 Å². The summed E-state index contributed by atoms with van der Waals surface area (Å²) in [4.78, 5) is 26.3. The van der Waals surface area contributed by atoms with Gasteiger partial charge in [-0.05, 0) is 136 Å². The highest BCUT2D eigenvalue weighted by atomic mass is 16.5. The molecular formula is C52H62O12. The van der Waals surface area contributed by atoms with Crippen molar-refractivity contribution in [2.24, 2.45) is 23.7 Å². The molecule has 12 heteroatoms. The summed E-state index contributed by atoms with van der Waals surface area (Å²) >= 11 is 0. The van der Waals surface area contributed by atoms with Gasteiger partial charge in [0, 0.05) is 12.8 Å². The van der Waals surface area contributed by atoms with E-state index in [-0.39, 0.29) is 48.8 Å². The molecule has 4 aliphatic carbocycles. The SMILES string of the molecule is O=C(OCC1CCC(Oc2cccc(-c3cccc(OC4CC(COC(=O)C5CCC(O)C(Oc6ccccc6)C5)CCC4O)c3)c2)C(O)C1)C1CCC(O)C(Oc2ccccc2)C1. The molecule has 0 heterocycles. The Morgan fingerprint density at radius 3 is 1.31 bits per heavy atom. The van der Waals surface area contributed by atoms with Gasteiger partial charge in [-0.1, -0.05) is 60.7 Å². The number of benzene rings is 4. The summed E-state index contributed by atoms with van der Waals surface area (Å²) in [5.41, 5.74) is 1.81. The maximum Gasteiger partial charge on any atom is 0.309 e. The molecule has 64 heavy (non-hydrogen) atoms. The molecule has 4 aliphatic rings. The number of hydrogen-bond donors (Lipinski definition) is 4. The molecule has 0 amide bonds. The van der Waals surface area contributed by atoms with Gasteiger partial charge < -0.3 is 48.8 Å². The molecule has 4 fully saturated rings. The number of aliphatic hydroxyl groups is 4. The van der Waals surface area contributed by atoms with E-state index in [1.54, 1.807) is 0 Å². The zero-order chi connectivity index (χ0) is 44.4. The summed E-state index contributed by atoms with van der Waals surface area (Å²) < 4.78 is 36.3. The fourth-order valence-corrected chi connectivity index (χ4v) is 9.70. The molecule has 8 rings (SSSR count). The maximum atomic E-state index is 13.2. The Morgan fingerprint density at radius 1 is 0.406 bits per heavy atom. The number of hydrogen-bond acceptors (Lipinski definition) is 12. The molecule has 342 valence electrons. The molecule has 4 N–H and O–H groups in total. The van der Waals surface area contributed by atoms with E-state index < -0.39 is 48.8 Å². The largest absolute Gasteiger partial charge is 0.488 e. The average molecular weight is 879 g/mol. The Labute approximate surface area is 375 Å². The van der Waals surface area contributed by atoms with E-state index in [2.05, 4.69) is 0 Å². The second-order valence-corrected chi connectivity index (χ2v) is 18.2. The van der Waals surface area contributed by atoms with E-state index in [4.69, 9.17) is 28.4 Å². The lowest BCUT2D eigenvalue weighted by atomic mass is 9.84. The Hall–Kier alpha value is -5.14. The molecule has 0 bridgehead atoms. The van der Waals surface area contributed by atoms with Gasteiger partial charge in [0.1, 0.15) is 47.4 Å². The molecule has 4 aromatic carbocycles. The Morgan fingerprint density at radius 2 is 0.812 bits per heavy atom. The van der Waals surface area contributed by atoms with Crippen LogP contribution >= 0.6 is 0 Å². The third-order valence-electron chi connectivity index (χ3n) is 13.5. The number of carbonyl (C=O) groups excluding carboxylic acids is 2.